The summed E-state index contributed by atoms with van der Waals surface area (Å²) in [4.78, 5) is -0.355. The standard InChI is InChI=1S/C15H11F3N2O5S.C15H15NO4S.C15H14O5S.2C14H13NO5S/c1-20(21)12-7-10(26(22,23)15(16,17)18)3-4-11(12)19-9-2-5-13-14(6-9)25-8-24-13;1-10-7-12(21(2,17)18)4-5-13(10)16-11-3-6-14-15(8-11)20-9-19-14;1-10-7-12(21(2,16)17)4-6-13(10)20-11-3-5-14-15(8-11)19-9-18-14;2*1-9-6-11(21(15,16)17)3-5-12(9)20-10-2-4-13-14(7-10)19-8-18-13/h2-7,19H,1,8H2;3-8,16H,9H2,1-2H3;3-8H,9H2,1-2H3;2*2-7H,8H2,1H3,(H2,15,16,17). The van der Waals surface area contributed by atoms with E-state index in [2.05, 4.69) is 17.4 Å². The molecule has 10 aromatic carbocycles. The molecule has 0 bridgehead atoms. The largest absolute Gasteiger partial charge is 0.619 e. The molecule has 0 unspecified atom stereocenters. The van der Waals surface area contributed by atoms with Gasteiger partial charge in [0.15, 0.2) is 77.2 Å². The number of nitrogens with one attached hydrogen (secondary N) is 2. The van der Waals surface area contributed by atoms with Crippen molar-refractivity contribution in [2.75, 3.05) is 57.1 Å². The number of hydrogen-bond acceptors (Lipinski definition) is 26. The molecular formula is C73H66F3N5O24S5. The Labute approximate surface area is 629 Å². The zero-order chi connectivity index (χ0) is 79.3. The average molecular weight is 1610 g/mol. The van der Waals surface area contributed by atoms with Gasteiger partial charge >= 0.3 is 5.51 Å². The smallest absolute Gasteiger partial charge is 0.501 e. The van der Waals surface area contributed by atoms with Crippen LogP contribution in [0.25, 0.3) is 0 Å². The average Bonchev–Trinajstić information content (AvgIpc) is 1.23. The summed E-state index contributed by atoms with van der Waals surface area (Å²) in [6, 6.07) is 47.2. The molecule has 0 aliphatic carbocycles. The number of anilines is 4. The summed E-state index contributed by atoms with van der Waals surface area (Å²) < 4.78 is 222. The lowest BCUT2D eigenvalue weighted by molar-refractivity contribution is -0.349. The maximum atomic E-state index is 12.7. The van der Waals surface area contributed by atoms with Crippen molar-refractivity contribution < 1.29 is 122 Å². The number of fused-ring (bicyclic) bond motifs is 5. The van der Waals surface area contributed by atoms with E-state index in [1.807, 2.05) is 25.1 Å². The number of primary sulfonamides is 2. The summed E-state index contributed by atoms with van der Waals surface area (Å²) in [5.74, 6) is 9.73. The van der Waals surface area contributed by atoms with E-state index in [1.165, 1.54) is 42.8 Å². The van der Waals surface area contributed by atoms with Crippen molar-refractivity contribution in [2.24, 2.45) is 10.3 Å². The molecule has 37 heteroatoms. The van der Waals surface area contributed by atoms with Crippen LogP contribution in [0.2, 0.25) is 0 Å². The predicted octanol–water partition coefficient (Wildman–Crippen LogP) is 13.4. The molecule has 0 fully saturated rings. The normalized spacial score (nSPS) is 13.3. The Hall–Kier alpha value is -11.9. The highest BCUT2D eigenvalue weighted by Gasteiger charge is 2.47. The van der Waals surface area contributed by atoms with Crippen LogP contribution >= 0.6 is 0 Å². The zero-order valence-corrected chi connectivity index (χ0v) is 62.7. The molecule has 110 heavy (non-hydrogen) atoms. The number of alkyl halides is 3. The van der Waals surface area contributed by atoms with Crippen molar-refractivity contribution in [3.8, 4) is 92.0 Å². The fourth-order valence-corrected chi connectivity index (χ4v) is 13.8. The van der Waals surface area contributed by atoms with Gasteiger partial charge in [-0.2, -0.15) is 17.9 Å². The summed E-state index contributed by atoms with van der Waals surface area (Å²) in [5.41, 5.74) is -0.710. The number of halogens is 3. The highest BCUT2D eigenvalue weighted by Crippen LogP contribution is 2.43. The number of sulfonamides is 2. The van der Waals surface area contributed by atoms with E-state index in [0.717, 1.165) is 40.4 Å². The van der Waals surface area contributed by atoms with E-state index in [-0.39, 0.29) is 64.8 Å². The third-order valence-electron chi connectivity index (χ3n) is 16.0. The monoisotopic (exact) mass is 1610 g/mol. The lowest BCUT2D eigenvalue weighted by Gasteiger charge is -2.13. The van der Waals surface area contributed by atoms with Crippen LogP contribution in [-0.2, 0) is 49.6 Å². The van der Waals surface area contributed by atoms with Gasteiger partial charge in [-0.05, 0) is 196 Å². The van der Waals surface area contributed by atoms with Gasteiger partial charge in [0.2, 0.25) is 59.7 Å². The molecule has 0 spiro atoms. The maximum absolute atomic E-state index is 12.7. The second kappa shape index (κ2) is 32.1. The first kappa shape index (κ1) is 79.2. The van der Waals surface area contributed by atoms with Gasteiger partial charge in [-0.3, -0.25) is 0 Å². The molecule has 5 heterocycles. The number of ether oxygens (including phenoxy) is 13. The summed E-state index contributed by atoms with van der Waals surface area (Å²) in [5, 5.41) is 27.9. The molecule has 0 atom stereocenters. The highest BCUT2D eigenvalue weighted by molar-refractivity contribution is 7.92. The lowest BCUT2D eigenvalue weighted by atomic mass is 10.2. The number of nitrogens with two attached hydrogens (primary N) is 2. The van der Waals surface area contributed by atoms with E-state index in [0.29, 0.717) is 114 Å². The Morgan fingerprint density at radius 2 is 0.664 bits per heavy atom. The molecule has 10 aromatic rings. The second-order valence-corrected chi connectivity index (χ2v) is 33.2. The third-order valence-corrected chi connectivity index (χ3v) is 21.5. The number of benzene rings is 10. The molecular weight excluding hydrogens is 1550 g/mol. The number of sulfone groups is 3. The van der Waals surface area contributed by atoms with Gasteiger partial charge in [0.25, 0.3) is 9.84 Å². The zero-order valence-electron chi connectivity index (χ0n) is 58.6. The minimum atomic E-state index is -5.59. The molecule has 0 saturated heterocycles. The summed E-state index contributed by atoms with van der Waals surface area (Å²) in [7, 11) is -19.4. The predicted molar refractivity (Wildman–Crippen MR) is 393 cm³/mol. The van der Waals surface area contributed by atoms with E-state index in [4.69, 9.17) is 71.9 Å². The van der Waals surface area contributed by atoms with Crippen LogP contribution in [0, 0.1) is 32.9 Å². The topological polar surface area (TPSA) is 393 Å². The Morgan fingerprint density at radius 1 is 0.373 bits per heavy atom. The van der Waals surface area contributed by atoms with Crippen molar-refractivity contribution >= 4 is 84.7 Å². The van der Waals surface area contributed by atoms with Gasteiger partial charge in [-0.15, -0.1) is 0 Å². The van der Waals surface area contributed by atoms with Gasteiger partial charge in [-0.1, -0.05) is 0 Å². The van der Waals surface area contributed by atoms with Crippen LogP contribution in [0.3, 0.4) is 0 Å². The number of nitrogens with zero attached hydrogens (tertiary/aromatic N) is 1. The van der Waals surface area contributed by atoms with Crippen LogP contribution < -0.4 is 82.5 Å². The van der Waals surface area contributed by atoms with Gasteiger partial charge in [0.1, 0.15) is 46.9 Å². The number of aryl methyl sites for hydroxylation is 4. The maximum Gasteiger partial charge on any atom is 0.501 e. The van der Waals surface area contributed by atoms with Crippen molar-refractivity contribution in [3.63, 3.8) is 0 Å². The second-order valence-electron chi connectivity index (χ2n) is 24.1. The van der Waals surface area contributed by atoms with Crippen molar-refractivity contribution in [3.05, 3.63) is 209 Å². The Bertz CT molecular complexity index is 5290. The van der Waals surface area contributed by atoms with Crippen LogP contribution in [-0.4, -0.2) is 106 Å². The van der Waals surface area contributed by atoms with Crippen molar-refractivity contribution in [1.29, 1.82) is 0 Å². The van der Waals surface area contributed by atoms with E-state index >= 15 is 0 Å². The van der Waals surface area contributed by atoms with Crippen LogP contribution in [0.15, 0.2) is 206 Å². The van der Waals surface area contributed by atoms with Crippen molar-refractivity contribution in [1.82, 2.24) is 0 Å². The van der Waals surface area contributed by atoms with E-state index in [1.54, 1.807) is 136 Å². The summed E-state index contributed by atoms with van der Waals surface area (Å²) >= 11 is 0. The van der Waals surface area contributed by atoms with Gasteiger partial charge in [0, 0.05) is 66.0 Å². The first-order chi connectivity index (χ1) is 51.8. The Kier molecular flexibility index (Phi) is 23.1. The Morgan fingerprint density at radius 3 is 0.991 bits per heavy atom. The van der Waals surface area contributed by atoms with Gasteiger partial charge in [-0.25, -0.2) is 52.4 Å². The van der Waals surface area contributed by atoms with E-state index in [9.17, 15) is 60.5 Å². The van der Waals surface area contributed by atoms with Gasteiger partial charge < -0.3 is 77.4 Å². The quantitative estimate of drug-likeness (QED) is 0.0302. The molecule has 5 aliphatic rings. The molecule has 15 rings (SSSR count). The molecule has 0 aromatic heterocycles. The third kappa shape index (κ3) is 19.5. The van der Waals surface area contributed by atoms with Gasteiger partial charge in [0.05, 0.1) is 24.5 Å². The fourth-order valence-electron chi connectivity index (χ4n) is 10.4. The number of hydrogen-bond donors (Lipinski definition) is 4. The lowest BCUT2D eigenvalue weighted by Crippen LogP contribution is -2.23. The molecule has 0 radical (unpaired) electrons. The summed E-state index contributed by atoms with van der Waals surface area (Å²) in [6.45, 7) is 11.1. The van der Waals surface area contributed by atoms with Crippen molar-refractivity contribution in [2.45, 2.75) is 57.7 Å². The van der Waals surface area contributed by atoms with E-state index < -0.39 is 60.0 Å². The number of rotatable bonds is 16. The molecule has 0 saturated carbocycles. The highest BCUT2D eigenvalue weighted by atomic mass is 32.2. The van der Waals surface area contributed by atoms with Crippen LogP contribution in [0.5, 0.6) is 92.0 Å². The minimum absolute atomic E-state index is 0.0186. The van der Waals surface area contributed by atoms with Crippen LogP contribution in [0.1, 0.15) is 22.3 Å². The minimum Gasteiger partial charge on any atom is -0.619 e. The molecule has 5 aliphatic heterocycles. The molecule has 6 N–H and O–H groups in total. The molecule has 578 valence electrons. The first-order valence-electron chi connectivity index (χ1n) is 32.0. The fraction of sp³-hybridized carbons (Fsp3) is 0.164. The van der Waals surface area contributed by atoms with Crippen LogP contribution in [0.4, 0.5) is 41.6 Å². The Balaban J connectivity index is 0.000000137. The SMILES string of the molecule is C=[N+]([O-])c1cc(S(=O)(=O)C(F)(F)F)ccc1Nc1ccc2c(c1)OCO2.Cc1cc(S(C)(=O)=O)ccc1Nc1ccc2c(c1)OCO2.Cc1cc(S(C)(=O)=O)ccc1Oc1ccc2c(c1)OCO2.Cc1cc(S(N)(=O)=O)ccc1Oc1ccc2c(c1)OCO2.Cc1cc(S(N)(=O)=O)ccc1Oc1ccc2c(c1)OCO2. The summed E-state index contributed by atoms with van der Waals surface area (Å²) in [6.07, 6.45) is 2.38. The molecule has 29 nitrogen and oxygen atoms in total. The first-order valence-corrected chi connectivity index (χ1v) is 40.4. The molecule has 0 amide bonds.